The maximum absolute atomic E-state index is 9.59. The Bertz CT molecular complexity index is 65.1. The Hall–Kier alpha value is 0.292. The molecule has 8 heavy (non-hydrogen) atoms. The van der Waals surface area contributed by atoms with E-state index in [1.807, 2.05) is 0 Å². The van der Waals surface area contributed by atoms with E-state index in [-0.39, 0.29) is 35.7 Å². The number of hydrogen-bond acceptors (Lipinski definition) is 2. The fourth-order valence-electron chi connectivity index (χ4n) is 0. The van der Waals surface area contributed by atoms with E-state index in [0.717, 1.165) is 0 Å². The molecule has 0 heterocycles. The summed E-state index contributed by atoms with van der Waals surface area (Å²) in [4.78, 5) is 9.59. The van der Waals surface area contributed by atoms with Crippen molar-refractivity contribution < 1.29 is 39.7 Å². The zero-order valence-corrected chi connectivity index (χ0v) is 6.71. The Morgan fingerprint density at radius 2 is 1.62 bits per heavy atom. The monoisotopic (exact) mass is 174 g/mol. The fourth-order valence-corrected chi connectivity index (χ4v) is 0. The number of carbonyl (C=O) groups is 1. The summed E-state index contributed by atoms with van der Waals surface area (Å²) in [5.74, 6) is -1.33. The second kappa shape index (κ2) is 7.29. The minimum atomic E-state index is -0.991. The van der Waals surface area contributed by atoms with Gasteiger partial charge in [-0.3, -0.25) is 0 Å². The van der Waals surface area contributed by atoms with Crippen LogP contribution in [0.25, 0.3) is 0 Å². The molecule has 0 aromatic carbocycles. The summed E-state index contributed by atoms with van der Waals surface area (Å²) in [5.41, 5.74) is 0. The van der Waals surface area contributed by atoms with Crippen LogP contribution in [0.15, 0.2) is 0 Å². The molecule has 0 fully saturated rings. The molecule has 48 valence electrons. The molecule has 0 rings (SSSR count). The van der Waals surface area contributed by atoms with Gasteiger partial charge in [0.25, 0.3) is 0 Å². The molecule has 0 radical (unpaired) electrons. The summed E-state index contributed by atoms with van der Waals surface area (Å²) in [6, 6.07) is 0. The van der Waals surface area contributed by atoms with Gasteiger partial charge < -0.3 is 22.3 Å². The third kappa shape index (κ3) is 9.57. The fraction of sp³-hybridized carbons (Fsp3) is 0.750. The van der Waals surface area contributed by atoms with Crippen molar-refractivity contribution in [1.29, 1.82) is 0 Å². The van der Waals surface area contributed by atoms with Gasteiger partial charge in [0.15, 0.2) is 0 Å². The summed E-state index contributed by atoms with van der Waals surface area (Å²) in [6.45, 7) is 3.16. The molecule has 0 saturated heterocycles. The first-order valence-corrected chi connectivity index (χ1v) is 1.85. The average molecular weight is 175 g/mol. The van der Waals surface area contributed by atoms with Gasteiger partial charge in [0.05, 0.1) is 0 Å². The van der Waals surface area contributed by atoms with Crippen molar-refractivity contribution in [3.05, 3.63) is 0 Å². The van der Waals surface area contributed by atoms with Gasteiger partial charge in [-0.25, -0.2) is 0 Å². The molecule has 0 unspecified atom stereocenters. The number of aliphatic carboxylic acids is 1. The van der Waals surface area contributed by atoms with E-state index in [0.29, 0.717) is 0 Å². The van der Waals surface area contributed by atoms with Crippen LogP contribution in [-0.4, -0.2) is 5.97 Å². The van der Waals surface area contributed by atoms with Crippen LogP contribution in [0.1, 0.15) is 13.8 Å². The van der Waals surface area contributed by atoms with Crippen LogP contribution in [0, 0.1) is 5.92 Å². The topological polar surface area (TPSA) is 40.1 Å². The number of halogens is 1. The van der Waals surface area contributed by atoms with Crippen LogP contribution in [-0.2, 0) is 22.2 Å². The van der Waals surface area contributed by atoms with Crippen LogP contribution in [0.5, 0.6) is 0 Å². The molecular formula is C4H7ClCrO2. The van der Waals surface area contributed by atoms with Crippen LogP contribution >= 0.6 is 0 Å². The second-order valence-corrected chi connectivity index (χ2v) is 1.47. The first-order valence-electron chi connectivity index (χ1n) is 1.85. The predicted molar refractivity (Wildman–Crippen MR) is 19.8 cm³/mol. The average Bonchev–Trinajstić information content (AvgIpc) is 1.36. The van der Waals surface area contributed by atoms with E-state index in [1.54, 1.807) is 13.8 Å². The van der Waals surface area contributed by atoms with Gasteiger partial charge in [0.1, 0.15) is 0 Å². The number of carboxylic acids is 1. The minimum Gasteiger partial charge on any atom is -1.00 e. The molecule has 0 aliphatic heterocycles. The molecule has 0 aliphatic carbocycles. The molecular weight excluding hydrogens is 167 g/mol. The van der Waals surface area contributed by atoms with Crippen LogP contribution in [0.3, 0.4) is 0 Å². The quantitative estimate of drug-likeness (QED) is 0.412. The Balaban J connectivity index is -0.000000125. The maximum Gasteiger partial charge on any atom is 2.00 e. The van der Waals surface area contributed by atoms with Gasteiger partial charge in [-0.15, -0.1) is 0 Å². The summed E-state index contributed by atoms with van der Waals surface area (Å²) < 4.78 is 0. The number of hydrogen-bond donors (Lipinski definition) is 0. The van der Waals surface area contributed by atoms with Crippen molar-refractivity contribution >= 4 is 5.97 Å². The van der Waals surface area contributed by atoms with Gasteiger partial charge in [-0.05, 0) is 5.92 Å². The van der Waals surface area contributed by atoms with E-state index >= 15 is 0 Å². The van der Waals surface area contributed by atoms with E-state index in [2.05, 4.69) is 0 Å². The molecule has 0 spiro atoms. The summed E-state index contributed by atoms with van der Waals surface area (Å²) in [6.07, 6.45) is 0. The molecule has 0 aromatic rings. The molecule has 0 atom stereocenters. The smallest absolute Gasteiger partial charge is 1.00 e. The van der Waals surface area contributed by atoms with Crippen molar-refractivity contribution in [3.63, 3.8) is 0 Å². The number of rotatable bonds is 1. The number of carbonyl (C=O) groups excluding carboxylic acids is 1. The van der Waals surface area contributed by atoms with E-state index in [4.69, 9.17) is 0 Å². The minimum absolute atomic E-state index is 0. The van der Waals surface area contributed by atoms with Crippen molar-refractivity contribution in [2.45, 2.75) is 13.8 Å². The van der Waals surface area contributed by atoms with Gasteiger partial charge in [-0.2, -0.15) is 0 Å². The molecule has 0 saturated carbocycles. The van der Waals surface area contributed by atoms with Crippen molar-refractivity contribution in [1.82, 2.24) is 0 Å². The standard InChI is InChI=1S/C4H8O2.ClH.Cr/c1-3(2)4(5)6;;/h3H,1-2H3,(H,5,6);1H;/q;;+2/p-2. The van der Waals surface area contributed by atoms with Crippen LogP contribution in [0.2, 0.25) is 0 Å². The molecule has 4 heteroatoms. The van der Waals surface area contributed by atoms with E-state index in [1.165, 1.54) is 0 Å². The van der Waals surface area contributed by atoms with Crippen LogP contribution < -0.4 is 17.5 Å². The third-order valence-electron chi connectivity index (χ3n) is 0.471. The summed E-state index contributed by atoms with van der Waals surface area (Å²) in [5, 5.41) is 9.59. The maximum atomic E-state index is 9.59. The summed E-state index contributed by atoms with van der Waals surface area (Å²) in [7, 11) is 0. The SMILES string of the molecule is CC(C)C(=O)[O-].[Cl-].[Cr+2]. The zero-order chi connectivity index (χ0) is 5.15. The molecule has 0 aliphatic rings. The first-order chi connectivity index (χ1) is 2.64. The van der Waals surface area contributed by atoms with Gasteiger partial charge in [0, 0.05) is 5.97 Å². The third-order valence-corrected chi connectivity index (χ3v) is 0.471. The second-order valence-electron chi connectivity index (χ2n) is 1.47. The summed E-state index contributed by atoms with van der Waals surface area (Å²) >= 11 is 0. The molecule has 0 amide bonds. The van der Waals surface area contributed by atoms with E-state index in [9.17, 15) is 9.90 Å². The molecule has 0 aromatic heterocycles. The molecule has 0 bridgehead atoms. The van der Waals surface area contributed by atoms with Crippen molar-refractivity contribution in [2.75, 3.05) is 0 Å². The Morgan fingerprint density at radius 3 is 1.62 bits per heavy atom. The Morgan fingerprint density at radius 1 is 1.50 bits per heavy atom. The number of carboxylic acid groups (broad SMARTS) is 1. The largest absolute Gasteiger partial charge is 2.00 e. The van der Waals surface area contributed by atoms with Crippen molar-refractivity contribution in [2.24, 2.45) is 5.92 Å². The Labute approximate surface area is 65.8 Å². The van der Waals surface area contributed by atoms with E-state index < -0.39 is 5.97 Å². The van der Waals surface area contributed by atoms with Crippen molar-refractivity contribution in [3.8, 4) is 0 Å². The van der Waals surface area contributed by atoms with Gasteiger partial charge in [-0.1, -0.05) is 13.8 Å². The first kappa shape index (κ1) is 15.7. The normalized spacial score (nSPS) is 6.88. The zero-order valence-electron chi connectivity index (χ0n) is 4.68. The predicted octanol–water partition coefficient (Wildman–Crippen LogP) is -3.61. The molecule has 0 N–H and O–H groups in total. The van der Waals surface area contributed by atoms with Crippen LogP contribution in [0.4, 0.5) is 0 Å². The van der Waals surface area contributed by atoms with Gasteiger partial charge in [0.2, 0.25) is 0 Å². The Kier molecular flexibility index (Phi) is 14.4. The van der Waals surface area contributed by atoms with Gasteiger partial charge >= 0.3 is 17.4 Å². The molecule has 2 nitrogen and oxygen atoms in total.